The summed E-state index contributed by atoms with van der Waals surface area (Å²) < 4.78 is 1.04. The maximum Gasteiger partial charge on any atom is 0.246 e. The Kier molecular flexibility index (Phi) is 5.52. The van der Waals surface area contributed by atoms with Crippen LogP contribution in [0.1, 0.15) is 42.0 Å². The van der Waals surface area contributed by atoms with Gasteiger partial charge in [0.05, 0.1) is 18.6 Å². The fourth-order valence-corrected chi connectivity index (χ4v) is 5.80. The molecule has 2 unspecified atom stereocenters. The molecular formula is C27H27BrN4O2. The quantitative estimate of drug-likeness (QED) is 0.500. The Morgan fingerprint density at radius 2 is 1.82 bits per heavy atom. The van der Waals surface area contributed by atoms with Crippen molar-refractivity contribution in [2.75, 3.05) is 0 Å². The first-order valence-electron chi connectivity index (χ1n) is 12.0. The van der Waals surface area contributed by atoms with Gasteiger partial charge in [-0.05, 0) is 54.4 Å². The van der Waals surface area contributed by atoms with Crippen molar-refractivity contribution in [3.8, 4) is 0 Å². The van der Waals surface area contributed by atoms with E-state index < -0.39 is 0 Å². The van der Waals surface area contributed by atoms with E-state index >= 15 is 0 Å². The Bertz CT molecular complexity index is 1180. The average molecular weight is 519 g/mol. The van der Waals surface area contributed by atoms with E-state index in [1.165, 1.54) is 5.56 Å². The fraction of sp³-hybridized carbons (Fsp3) is 0.370. The first-order valence-corrected chi connectivity index (χ1v) is 12.8. The summed E-state index contributed by atoms with van der Waals surface area (Å²) in [5.41, 5.74) is 3.18. The van der Waals surface area contributed by atoms with Gasteiger partial charge in [-0.1, -0.05) is 58.4 Å². The molecule has 7 heteroatoms. The van der Waals surface area contributed by atoms with Crippen molar-refractivity contribution in [3.05, 3.63) is 88.4 Å². The Hall–Kier alpha value is -2.93. The average Bonchev–Trinajstić information content (AvgIpc) is 3.72. The highest BCUT2D eigenvalue weighted by atomic mass is 79.9. The minimum absolute atomic E-state index is 0.00833. The third kappa shape index (κ3) is 4.17. The number of carbonyl (C=O) groups is 2. The number of halogens is 1. The van der Waals surface area contributed by atoms with Crippen molar-refractivity contribution in [2.24, 2.45) is 11.8 Å². The number of rotatable bonds is 7. The van der Waals surface area contributed by atoms with Gasteiger partial charge in [0.1, 0.15) is 6.04 Å². The summed E-state index contributed by atoms with van der Waals surface area (Å²) in [7, 11) is 0. The van der Waals surface area contributed by atoms with E-state index in [9.17, 15) is 9.59 Å². The second-order valence-corrected chi connectivity index (χ2v) is 10.7. The zero-order valence-electron chi connectivity index (χ0n) is 18.8. The van der Waals surface area contributed by atoms with Gasteiger partial charge in [0.25, 0.3) is 0 Å². The Labute approximate surface area is 207 Å². The van der Waals surface area contributed by atoms with E-state index in [4.69, 9.17) is 0 Å². The van der Waals surface area contributed by atoms with E-state index in [1.807, 2.05) is 52.3 Å². The van der Waals surface area contributed by atoms with Crippen molar-refractivity contribution in [1.82, 2.24) is 19.8 Å². The molecular weight excluding hydrogens is 492 g/mol. The zero-order chi connectivity index (χ0) is 23.2. The number of hydrogen-bond acceptors (Lipinski definition) is 3. The summed E-state index contributed by atoms with van der Waals surface area (Å²) >= 11 is 3.48. The van der Waals surface area contributed by atoms with Crippen molar-refractivity contribution in [1.29, 1.82) is 0 Å². The first-order chi connectivity index (χ1) is 16.6. The van der Waals surface area contributed by atoms with Crippen LogP contribution in [0.3, 0.4) is 0 Å². The Morgan fingerprint density at radius 1 is 1.03 bits per heavy atom. The summed E-state index contributed by atoms with van der Waals surface area (Å²) in [4.78, 5) is 38.6. The van der Waals surface area contributed by atoms with E-state index in [-0.39, 0.29) is 35.7 Å². The molecule has 6 nitrogen and oxygen atoms in total. The molecule has 2 amide bonds. The predicted octanol–water partition coefficient (Wildman–Crippen LogP) is 4.49. The summed E-state index contributed by atoms with van der Waals surface area (Å²) in [6, 6.07) is 18.2. The number of amides is 2. The van der Waals surface area contributed by atoms with Crippen LogP contribution in [0.2, 0.25) is 0 Å². The number of fused-ring (bicyclic) bond motifs is 1. The lowest BCUT2D eigenvalue weighted by Gasteiger charge is -2.32. The van der Waals surface area contributed by atoms with E-state index in [0.29, 0.717) is 19.0 Å². The molecule has 174 valence electrons. The van der Waals surface area contributed by atoms with Crippen molar-refractivity contribution >= 4 is 27.7 Å². The number of nitrogens with zero attached hydrogens (tertiary/aromatic N) is 3. The lowest BCUT2D eigenvalue weighted by molar-refractivity contribution is -0.146. The number of imidazole rings is 1. The molecule has 34 heavy (non-hydrogen) atoms. The SMILES string of the molecule is O=C([C@@H]1C[C@@H]2C[C@@H]2N1C(=O)C1CC1c1ccc(Br)cc1)N(Cc1ccccc1)Cc1cnc[nH]1. The molecule has 1 saturated heterocycles. The number of nitrogens with one attached hydrogen (secondary N) is 1. The highest BCUT2D eigenvalue weighted by Gasteiger charge is 2.59. The molecule has 2 heterocycles. The second kappa shape index (κ2) is 8.69. The number of H-pyrrole nitrogens is 1. The molecule has 6 rings (SSSR count). The van der Waals surface area contributed by atoms with Crippen LogP contribution < -0.4 is 0 Å². The summed E-state index contributed by atoms with van der Waals surface area (Å²) in [6.45, 7) is 0.962. The minimum Gasteiger partial charge on any atom is -0.347 e. The van der Waals surface area contributed by atoms with Gasteiger partial charge in [-0.15, -0.1) is 0 Å². The Morgan fingerprint density at radius 3 is 2.56 bits per heavy atom. The van der Waals surface area contributed by atoms with E-state index in [0.717, 1.165) is 35.0 Å². The Balaban J connectivity index is 1.21. The molecule has 3 aromatic rings. The predicted molar refractivity (Wildman–Crippen MR) is 131 cm³/mol. The minimum atomic E-state index is -0.367. The number of hydrogen-bond donors (Lipinski definition) is 1. The van der Waals surface area contributed by atoms with Crippen LogP contribution >= 0.6 is 15.9 Å². The van der Waals surface area contributed by atoms with Crippen LogP contribution in [-0.4, -0.2) is 43.7 Å². The van der Waals surface area contributed by atoms with Crippen LogP contribution in [0.4, 0.5) is 0 Å². The number of likely N-dealkylation sites (tertiary alicyclic amines) is 1. The first kappa shape index (κ1) is 21.6. The topological polar surface area (TPSA) is 69.3 Å². The molecule has 0 spiro atoms. The zero-order valence-corrected chi connectivity index (χ0v) is 20.4. The van der Waals surface area contributed by atoms with Gasteiger partial charge in [-0.2, -0.15) is 0 Å². The van der Waals surface area contributed by atoms with Gasteiger partial charge in [-0.3, -0.25) is 9.59 Å². The molecule has 1 N–H and O–H groups in total. The number of piperidine rings is 1. The lowest BCUT2D eigenvalue weighted by atomic mass is 10.1. The van der Waals surface area contributed by atoms with Crippen LogP contribution in [0.15, 0.2) is 71.6 Å². The van der Waals surface area contributed by atoms with Crippen LogP contribution in [0, 0.1) is 11.8 Å². The smallest absolute Gasteiger partial charge is 0.246 e. The molecule has 1 aromatic heterocycles. The highest BCUT2D eigenvalue weighted by molar-refractivity contribution is 9.10. The molecule has 5 atom stereocenters. The molecule has 3 fully saturated rings. The number of carbonyl (C=O) groups excluding carboxylic acids is 2. The number of aromatic nitrogens is 2. The van der Waals surface area contributed by atoms with Crippen LogP contribution in [0.5, 0.6) is 0 Å². The monoisotopic (exact) mass is 518 g/mol. The van der Waals surface area contributed by atoms with E-state index in [1.54, 1.807) is 12.5 Å². The maximum absolute atomic E-state index is 13.9. The number of benzene rings is 2. The highest BCUT2D eigenvalue weighted by Crippen LogP contribution is 2.54. The summed E-state index contributed by atoms with van der Waals surface area (Å²) in [5, 5.41) is 0. The fourth-order valence-electron chi connectivity index (χ4n) is 5.53. The third-order valence-corrected chi connectivity index (χ3v) is 8.02. The van der Waals surface area contributed by atoms with Gasteiger partial charge in [0.15, 0.2) is 0 Å². The summed E-state index contributed by atoms with van der Waals surface area (Å²) in [5.74, 6) is 0.927. The molecule has 0 radical (unpaired) electrons. The van der Waals surface area contributed by atoms with Crippen molar-refractivity contribution < 1.29 is 9.59 Å². The molecule has 1 aliphatic heterocycles. The second-order valence-electron chi connectivity index (χ2n) is 9.82. The molecule has 2 saturated carbocycles. The van der Waals surface area contributed by atoms with Crippen LogP contribution in [-0.2, 0) is 22.7 Å². The molecule has 0 bridgehead atoms. The van der Waals surface area contributed by atoms with E-state index in [2.05, 4.69) is 38.0 Å². The van der Waals surface area contributed by atoms with Crippen molar-refractivity contribution in [2.45, 2.75) is 50.4 Å². The van der Waals surface area contributed by atoms with Gasteiger partial charge >= 0.3 is 0 Å². The van der Waals surface area contributed by atoms with Gasteiger partial charge in [-0.25, -0.2) is 4.98 Å². The van der Waals surface area contributed by atoms with Gasteiger partial charge < -0.3 is 14.8 Å². The lowest BCUT2D eigenvalue weighted by Crippen LogP contribution is -2.49. The standard InChI is InChI=1S/C27H27BrN4O2/c28-20-8-6-18(7-9-20)22-12-23(22)26(33)32-24-10-19(24)11-25(32)27(34)31(15-21-13-29-16-30-21)14-17-4-2-1-3-5-17/h1-9,13,16,19,22-25H,10-12,14-15H2,(H,29,30)/t19-,22?,23?,24-,25-/m0/s1. The maximum atomic E-state index is 13.9. The number of aromatic amines is 1. The summed E-state index contributed by atoms with van der Waals surface area (Å²) in [6.07, 6.45) is 6.07. The van der Waals surface area contributed by atoms with Crippen LogP contribution in [0.25, 0.3) is 0 Å². The van der Waals surface area contributed by atoms with Gasteiger partial charge in [0, 0.05) is 29.2 Å². The van der Waals surface area contributed by atoms with Crippen molar-refractivity contribution in [3.63, 3.8) is 0 Å². The molecule has 3 aliphatic rings. The third-order valence-electron chi connectivity index (χ3n) is 7.49. The largest absolute Gasteiger partial charge is 0.347 e. The van der Waals surface area contributed by atoms with Gasteiger partial charge in [0.2, 0.25) is 11.8 Å². The normalized spacial score (nSPS) is 26.7. The molecule has 2 aromatic carbocycles. The molecule has 2 aliphatic carbocycles.